The molecule has 0 aliphatic heterocycles. The summed E-state index contributed by atoms with van der Waals surface area (Å²) in [4.78, 5) is 13.3. The van der Waals surface area contributed by atoms with E-state index in [1.807, 2.05) is 35.8 Å². The molecule has 2 heterocycles. The number of rotatable bonds is 7. The number of carbonyl (C=O) groups is 1. The fourth-order valence-electron chi connectivity index (χ4n) is 3.00. The van der Waals surface area contributed by atoms with Gasteiger partial charge < -0.3 is 10.1 Å². The number of anilines is 1. The third-order valence-electron chi connectivity index (χ3n) is 4.47. The largest absolute Gasteiger partial charge is 0.489 e. The smallest absolute Gasteiger partial charge is 0.266 e. The van der Waals surface area contributed by atoms with Crippen LogP contribution in [0.5, 0.6) is 5.75 Å². The molecule has 0 radical (unpaired) electrons. The van der Waals surface area contributed by atoms with Crippen molar-refractivity contribution in [1.29, 1.82) is 0 Å². The predicted molar refractivity (Wildman–Crippen MR) is 128 cm³/mol. The second kappa shape index (κ2) is 9.68. The van der Waals surface area contributed by atoms with E-state index >= 15 is 0 Å². The van der Waals surface area contributed by atoms with Crippen LogP contribution in [-0.4, -0.2) is 15.7 Å². The van der Waals surface area contributed by atoms with Crippen molar-refractivity contribution in [1.82, 2.24) is 9.78 Å². The molecule has 0 fully saturated rings. The van der Waals surface area contributed by atoms with Crippen LogP contribution in [-0.2, 0) is 13.2 Å². The lowest BCUT2D eigenvalue weighted by Gasteiger charge is -2.04. The summed E-state index contributed by atoms with van der Waals surface area (Å²) in [7, 11) is 0. The molecule has 0 aliphatic rings. The molecular formula is C23H19BrClN3O2S. The molecule has 8 heteroatoms. The van der Waals surface area contributed by atoms with Crippen LogP contribution in [0.25, 0.3) is 0 Å². The van der Waals surface area contributed by atoms with Crippen molar-refractivity contribution in [2.24, 2.45) is 0 Å². The lowest BCUT2D eigenvalue weighted by Crippen LogP contribution is -2.11. The zero-order valence-electron chi connectivity index (χ0n) is 16.6. The van der Waals surface area contributed by atoms with Crippen molar-refractivity contribution in [3.8, 4) is 5.75 Å². The minimum Gasteiger partial charge on any atom is -0.489 e. The summed E-state index contributed by atoms with van der Waals surface area (Å²) >= 11 is 10.7. The molecule has 2 aromatic carbocycles. The second-order valence-electron chi connectivity index (χ2n) is 7.03. The van der Waals surface area contributed by atoms with E-state index in [-0.39, 0.29) is 5.91 Å². The number of aromatic nitrogens is 2. The molecule has 4 aromatic rings. The first kappa shape index (κ1) is 21.6. The Kier molecular flexibility index (Phi) is 6.75. The number of hydrogen-bond acceptors (Lipinski definition) is 4. The van der Waals surface area contributed by atoms with Gasteiger partial charge >= 0.3 is 0 Å². The average Bonchev–Trinajstić information content (AvgIpc) is 3.34. The monoisotopic (exact) mass is 515 g/mol. The van der Waals surface area contributed by atoms with Crippen LogP contribution in [0, 0.1) is 6.92 Å². The number of amides is 1. The summed E-state index contributed by atoms with van der Waals surface area (Å²) in [5, 5.41) is 9.95. The summed E-state index contributed by atoms with van der Waals surface area (Å²) in [5.41, 5.74) is 3.27. The van der Waals surface area contributed by atoms with Gasteiger partial charge in [0.15, 0.2) is 5.82 Å². The summed E-state index contributed by atoms with van der Waals surface area (Å²) in [6.07, 6.45) is 1.86. The number of carbonyl (C=O) groups excluding carboxylic acids is 1. The van der Waals surface area contributed by atoms with Crippen molar-refractivity contribution >= 4 is 50.6 Å². The number of hydrogen-bond donors (Lipinski definition) is 1. The molecule has 0 saturated heterocycles. The summed E-state index contributed by atoms with van der Waals surface area (Å²) in [6, 6.07) is 17.3. The summed E-state index contributed by atoms with van der Waals surface area (Å²) in [5.74, 6) is 1.01. The maximum Gasteiger partial charge on any atom is 0.266 e. The van der Waals surface area contributed by atoms with Gasteiger partial charge in [0.25, 0.3) is 5.91 Å². The molecule has 1 N–H and O–H groups in total. The molecule has 4 rings (SSSR count). The highest BCUT2D eigenvalue weighted by atomic mass is 79.9. The minimum absolute atomic E-state index is 0.204. The van der Waals surface area contributed by atoms with Gasteiger partial charge in [-0.3, -0.25) is 9.48 Å². The van der Waals surface area contributed by atoms with E-state index in [0.717, 1.165) is 21.3 Å². The van der Waals surface area contributed by atoms with Crippen LogP contribution in [0.3, 0.4) is 0 Å². The molecule has 0 saturated carbocycles. The number of aryl methyl sites for hydroxylation is 1. The summed E-state index contributed by atoms with van der Waals surface area (Å²) < 4.78 is 8.27. The Hall–Kier alpha value is -2.61. The molecule has 2 aromatic heterocycles. The van der Waals surface area contributed by atoms with E-state index < -0.39 is 0 Å². The Morgan fingerprint density at radius 1 is 1.19 bits per heavy atom. The zero-order valence-corrected chi connectivity index (χ0v) is 19.8. The highest BCUT2D eigenvalue weighted by Gasteiger charge is 2.14. The number of benzene rings is 2. The third-order valence-corrected chi connectivity index (χ3v) is 6.28. The normalized spacial score (nSPS) is 10.8. The minimum atomic E-state index is -0.204. The first-order valence-electron chi connectivity index (χ1n) is 9.52. The van der Waals surface area contributed by atoms with Gasteiger partial charge in [0.1, 0.15) is 12.4 Å². The predicted octanol–water partition coefficient (Wildman–Crippen LogP) is 6.55. The molecule has 0 unspecified atom stereocenters. The van der Waals surface area contributed by atoms with Gasteiger partial charge in [-0.25, -0.2) is 0 Å². The van der Waals surface area contributed by atoms with Crippen molar-refractivity contribution < 1.29 is 9.53 Å². The topological polar surface area (TPSA) is 56.2 Å². The van der Waals surface area contributed by atoms with Gasteiger partial charge in [-0.1, -0.05) is 41.4 Å². The van der Waals surface area contributed by atoms with Crippen LogP contribution in [0.2, 0.25) is 5.02 Å². The number of ether oxygens (including phenoxy) is 1. The maximum absolute atomic E-state index is 12.7. The van der Waals surface area contributed by atoms with Crippen molar-refractivity contribution in [2.75, 3.05) is 5.32 Å². The molecule has 0 spiro atoms. The molecule has 1 amide bonds. The SMILES string of the molecule is Cc1cccc(Cn2cc(Br)c(NC(=O)c3cc(COc4ccc(Cl)cc4)cs3)n2)c1. The molecule has 31 heavy (non-hydrogen) atoms. The van der Waals surface area contributed by atoms with Gasteiger partial charge in [0.2, 0.25) is 0 Å². The fraction of sp³-hybridized carbons (Fsp3) is 0.130. The van der Waals surface area contributed by atoms with Crippen molar-refractivity contribution in [2.45, 2.75) is 20.1 Å². The Balaban J connectivity index is 1.37. The van der Waals surface area contributed by atoms with Crippen LogP contribution in [0.15, 0.2) is 70.6 Å². The average molecular weight is 517 g/mol. The lowest BCUT2D eigenvalue weighted by molar-refractivity contribution is 0.103. The second-order valence-corrected chi connectivity index (χ2v) is 9.23. The summed E-state index contributed by atoms with van der Waals surface area (Å²) in [6.45, 7) is 3.06. The maximum atomic E-state index is 12.7. The van der Waals surface area contributed by atoms with Gasteiger partial charge in [-0.15, -0.1) is 11.3 Å². The van der Waals surface area contributed by atoms with Gasteiger partial charge in [0, 0.05) is 16.8 Å². The zero-order chi connectivity index (χ0) is 21.8. The number of nitrogens with one attached hydrogen (secondary N) is 1. The first-order chi connectivity index (χ1) is 15.0. The molecule has 5 nitrogen and oxygen atoms in total. The van der Waals surface area contributed by atoms with Gasteiger partial charge in [-0.05, 0) is 64.1 Å². The van der Waals surface area contributed by atoms with E-state index in [2.05, 4.69) is 51.5 Å². The highest BCUT2D eigenvalue weighted by molar-refractivity contribution is 9.10. The fourth-order valence-corrected chi connectivity index (χ4v) is 4.33. The third kappa shape index (κ3) is 5.76. The van der Waals surface area contributed by atoms with Gasteiger partial charge in [-0.2, -0.15) is 5.10 Å². The van der Waals surface area contributed by atoms with E-state index in [1.54, 1.807) is 16.8 Å². The standard InChI is InChI=1S/C23H19BrClN3O2S/c1-15-3-2-4-16(9-15)11-28-12-20(24)22(27-28)26-23(29)21-10-17(14-31-21)13-30-19-7-5-18(25)6-8-19/h2-10,12,14H,11,13H2,1H3,(H,26,27,29). The van der Waals surface area contributed by atoms with Gasteiger partial charge in [0.05, 0.1) is 15.9 Å². The molecule has 0 aliphatic carbocycles. The van der Waals surface area contributed by atoms with E-state index in [9.17, 15) is 4.79 Å². The Morgan fingerprint density at radius 3 is 2.77 bits per heavy atom. The molecule has 0 bridgehead atoms. The molecule has 158 valence electrons. The van der Waals surface area contributed by atoms with Crippen LogP contribution >= 0.6 is 38.9 Å². The Morgan fingerprint density at radius 2 is 2.00 bits per heavy atom. The van der Waals surface area contributed by atoms with Crippen molar-refractivity contribution in [3.63, 3.8) is 0 Å². The molecule has 0 atom stereocenters. The van der Waals surface area contributed by atoms with E-state index in [4.69, 9.17) is 16.3 Å². The highest BCUT2D eigenvalue weighted by Crippen LogP contribution is 2.24. The first-order valence-corrected chi connectivity index (χ1v) is 11.6. The van der Waals surface area contributed by atoms with Crippen LogP contribution < -0.4 is 10.1 Å². The van der Waals surface area contributed by atoms with E-state index in [0.29, 0.717) is 28.9 Å². The lowest BCUT2D eigenvalue weighted by atomic mass is 10.1. The van der Waals surface area contributed by atoms with Crippen LogP contribution in [0.1, 0.15) is 26.4 Å². The number of thiophene rings is 1. The van der Waals surface area contributed by atoms with E-state index in [1.165, 1.54) is 16.9 Å². The number of halogens is 2. The number of nitrogens with zero attached hydrogens (tertiary/aromatic N) is 2. The Labute approximate surface area is 197 Å². The quantitative estimate of drug-likeness (QED) is 0.303. The Bertz CT molecular complexity index is 1200. The molecular weight excluding hydrogens is 498 g/mol. The van der Waals surface area contributed by atoms with Crippen molar-refractivity contribution in [3.05, 3.63) is 97.2 Å². The van der Waals surface area contributed by atoms with Crippen LogP contribution in [0.4, 0.5) is 5.82 Å².